The molecule has 1 aliphatic carbocycles. The number of rotatable bonds is 5. The largest absolute Gasteiger partial charge is 0.508 e. The first kappa shape index (κ1) is 16.5. The van der Waals surface area contributed by atoms with E-state index in [1.807, 2.05) is 0 Å². The van der Waals surface area contributed by atoms with Crippen LogP contribution in [0.2, 0.25) is 0 Å². The van der Waals surface area contributed by atoms with E-state index >= 15 is 0 Å². The summed E-state index contributed by atoms with van der Waals surface area (Å²) in [6.45, 7) is 2.06. The summed E-state index contributed by atoms with van der Waals surface area (Å²) < 4.78 is 5.21. The van der Waals surface area contributed by atoms with Crippen LogP contribution in [0.15, 0.2) is 35.9 Å². The van der Waals surface area contributed by atoms with E-state index < -0.39 is 12.2 Å². The molecular formula is C17H22O5. The van der Waals surface area contributed by atoms with Crippen molar-refractivity contribution in [1.82, 2.24) is 0 Å². The summed E-state index contributed by atoms with van der Waals surface area (Å²) in [5.74, 6) is -0.279. The number of phenols is 1. The van der Waals surface area contributed by atoms with Crippen molar-refractivity contribution in [2.75, 3.05) is 6.61 Å². The van der Waals surface area contributed by atoms with Crippen molar-refractivity contribution in [2.24, 2.45) is 5.92 Å². The first-order chi connectivity index (χ1) is 10.5. The predicted molar refractivity (Wildman–Crippen MR) is 81.3 cm³/mol. The topological polar surface area (TPSA) is 87.0 Å². The minimum absolute atomic E-state index is 0.156. The van der Waals surface area contributed by atoms with Crippen LogP contribution < -0.4 is 0 Å². The lowest BCUT2D eigenvalue weighted by Crippen LogP contribution is -2.19. The standard InChI is InChI=1S/C17H22O5/c1-2-14-12(9-15(19)17(14)21)10-16(20)22-8-7-11-3-5-13(18)6-4-11/h2-6,12,15,17-19,21H,7-10H2,1H3/b14-2+/t12?,15-,17+/m1/s1. The zero-order valence-corrected chi connectivity index (χ0v) is 12.6. The number of esters is 1. The number of phenolic OH excluding ortho intramolecular Hbond substituents is 1. The Morgan fingerprint density at radius 1 is 1.32 bits per heavy atom. The lowest BCUT2D eigenvalue weighted by Gasteiger charge is -2.12. The molecule has 0 amide bonds. The van der Waals surface area contributed by atoms with Gasteiger partial charge in [-0.1, -0.05) is 18.2 Å². The zero-order chi connectivity index (χ0) is 16.1. The Hall–Kier alpha value is -1.85. The van der Waals surface area contributed by atoms with Crippen LogP contribution in [0.5, 0.6) is 5.75 Å². The first-order valence-corrected chi connectivity index (χ1v) is 7.47. The Labute approximate surface area is 129 Å². The quantitative estimate of drug-likeness (QED) is 0.567. The van der Waals surface area contributed by atoms with E-state index in [2.05, 4.69) is 0 Å². The highest BCUT2D eigenvalue weighted by atomic mass is 16.5. The predicted octanol–water partition coefficient (Wildman–Crippen LogP) is 1.56. The van der Waals surface area contributed by atoms with Crippen molar-refractivity contribution < 1.29 is 24.9 Å². The summed E-state index contributed by atoms with van der Waals surface area (Å²) >= 11 is 0. The van der Waals surface area contributed by atoms with E-state index in [0.717, 1.165) is 5.56 Å². The van der Waals surface area contributed by atoms with Gasteiger partial charge in [-0.05, 0) is 42.5 Å². The van der Waals surface area contributed by atoms with Crippen molar-refractivity contribution in [3.63, 3.8) is 0 Å². The fourth-order valence-electron chi connectivity index (χ4n) is 2.83. The lowest BCUT2D eigenvalue weighted by molar-refractivity contribution is -0.144. The number of carbonyl (C=O) groups excluding carboxylic acids is 1. The van der Waals surface area contributed by atoms with Crippen LogP contribution in [-0.2, 0) is 16.0 Å². The second-order valence-electron chi connectivity index (χ2n) is 5.57. The molecule has 2 rings (SSSR count). The van der Waals surface area contributed by atoms with Crippen LogP contribution in [0.1, 0.15) is 25.3 Å². The smallest absolute Gasteiger partial charge is 0.306 e. The van der Waals surface area contributed by atoms with Crippen molar-refractivity contribution in [2.45, 2.75) is 38.4 Å². The number of benzene rings is 1. The summed E-state index contributed by atoms with van der Waals surface area (Å²) in [5, 5.41) is 28.7. The number of aromatic hydroxyl groups is 1. The second kappa shape index (κ2) is 7.42. The maximum absolute atomic E-state index is 11.9. The SMILES string of the molecule is C/C=C1\C(CC(=O)OCCc2ccc(O)cc2)C[C@@H](O)[C@H]1O. The molecule has 1 aromatic carbocycles. The number of allylic oxidation sites excluding steroid dienone is 1. The van der Waals surface area contributed by atoms with Gasteiger partial charge in [0.25, 0.3) is 0 Å². The van der Waals surface area contributed by atoms with Gasteiger partial charge in [-0.2, -0.15) is 0 Å². The number of hydrogen-bond acceptors (Lipinski definition) is 5. The maximum Gasteiger partial charge on any atom is 0.306 e. The lowest BCUT2D eigenvalue weighted by atomic mass is 9.98. The third-order valence-electron chi connectivity index (χ3n) is 4.04. The van der Waals surface area contributed by atoms with E-state index in [1.165, 1.54) is 0 Å². The van der Waals surface area contributed by atoms with Crippen LogP contribution in [0.3, 0.4) is 0 Å². The zero-order valence-electron chi connectivity index (χ0n) is 12.6. The first-order valence-electron chi connectivity index (χ1n) is 7.47. The van der Waals surface area contributed by atoms with E-state index in [4.69, 9.17) is 4.74 Å². The van der Waals surface area contributed by atoms with Gasteiger partial charge < -0.3 is 20.1 Å². The number of hydrogen-bond donors (Lipinski definition) is 3. The molecule has 3 N–H and O–H groups in total. The summed E-state index contributed by atoms with van der Waals surface area (Å²) in [7, 11) is 0. The fraction of sp³-hybridized carbons (Fsp3) is 0.471. The van der Waals surface area contributed by atoms with Crippen molar-refractivity contribution in [3.8, 4) is 5.75 Å². The molecular weight excluding hydrogens is 284 g/mol. The molecule has 0 bridgehead atoms. The molecule has 120 valence electrons. The third kappa shape index (κ3) is 4.08. The molecule has 0 aromatic heterocycles. The molecule has 1 aliphatic rings. The summed E-state index contributed by atoms with van der Waals surface area (Å²) in [5.41, 5.74) is 1.69. The average Bonchev–Trinajstić information content (AvgIpc) is 2.75. The summed E-state index contributed by atoms with van der Waals surface area (Å²) in [4.78, 5) is 11.9. The Morgan fingerprint density at radius 2 is 2.00 bits per heavy atom. The second-order valence-corrected chi connectivity index (χ2v) is 5.57. The van der Waals surface area contributed by atoms with Gasteiger partial charge in [0, 0.05) is 6.42 Å². The Kier molecular flexibility index (Phi) is 5.57. The average molecular weight is 306 g/mol. The van der Waals surface area contributed by atoms with Crippen LogP contribution in [0.25, 0.3) is 0 Å². The van der Waals surface area contributed by atoms with Gasteiger partial charge in [-0.25, -0.2) is 0 Å². The van der Waals surface area contributed by atoms with Crippen molar-refractivity contribution >= 4 is 5.97 Å². The van der Waals surface area contributed by atoms with Gasteiger partial charge in [0.2, 0.25) is 0 Å². The summed E-state index contributed by atoms with van der Waals surface area (Å²) in [6, 6.07) is 6.75. The normalized spacial score (nSPS) is 26.3. The molecule has 1 unspecified atom stereocenters. The number of ether oxygens (including phenoxy) is 1. The number of aliphatic hydroxyl groups is 2. The third-order valence-corrected chi connectivity index (χ3v) is 4.04. The van der Waals surface area contributed by atoms with Gasteiger partial charge in [-0.3, -0.25) is 4.79 Å². The van der Waals surface area contributed by atoms with Crippen LogP contribution in [0.4, 0.5) is 0 Å². The molecule has 1 saturated carbocycles. The Bertz CT molecular complexity index is 534. The van der Waals surface area contributed by atoms with Crippen LogP contribution >= 0.6 is 0 Å². The van der Waals surface area contributed by atoms with Gasteiger partial charge in [0.1, 0.15) is 11.9 Å². The van der Waals surface area contributed by atoms with Crippen molar-refractivity contribution in [1.29, 1.82) is 0 Å². The molecule has 1 aromatic rings. The van der Waals surface area contributed by atoms with E-state index in [1.54, 1.807) is 37.3 Å². The molecule has 0 spiro atoms. The molecule has 22 heavy (non-hydrogen) atoms. The van der Waals surface area contributed by atoms with E-state index in [0.29, 0.717) is 18.4 Å². The Balaban J connectivity index is 1.77. The van der Waals surface area contributed by atoms with E-state index in [9.17, 15) is 20.1 Å². The fourth-order valence-corrected chi connectivity index (χ4v) is 2.83. The Morgan fingerprint density at radius 3 is 2.64 bits per heavy atom. The summed E-state index contributed by atoms with van der Waals surface area (Å²) in [6.07, 6.45) is 1.21. The highest BCUT2D eigenvalue weighted by Crippen LogP contribution is 2.34. The minimum Gasteiger partial charge on any atom is -0.508 e. The maximum atomic E-state index is 11.9. The van der Waals surface area contributed by atoms with Gasteiger partial charge in [0.15, 0.2) is 0 Å². The molecule has 0 heterocycles. The van der Waals surface area contributed by atoms with Gasteiger partial charge in [0.05, 0.1) is 19.1 Å². The highest BCUT2D eigenvalue weighted by Gasteiger charge is 2.37. The minimum atomic E-state index is -0.875. The van der Waals surface area contributed by atoms with Gasteiger partial charge >= 0.3 is 5.97 Å². The molecule has 3 atom stereocenters. The molecule has 1 fully saturated rings. The number of carbonyl (C=O) groups is 1. The molecule has 0 saturated heterocycles. The van der Waals surface area contributed by atoms with Crippen LogP contribution in [0, 0.1) is 5.92 Å². The van der Waals surface area contributed by atoms with Crippen LogP contribution in [-0.4, -0.2) is 40.1 Å². The monoisotopic (exact) mass is 306 g/mol. The highest BCUT2D eigenvalue weighted by molar-refractivity contribution is 5.70. The molecule has 5 nitrogen and oxygen atoms in total. The molecule has 5 heteroatoms. The van der Waals surface area contributed by atoms with Crippen molar-refractivity contribution in [3.05, 3.63) is 41.5 Å². The van der Waals surface area contributed by atoms with Gasteiger partial charge in [-0.15, -0.1) is 0 Å². The number of aliphatic hydroxyl groups excluding tert-OH is 2. The molecule has 0 radical (unpaired) electrons. The van der Waals surface area contributed by atoms with E-state index in [-0.39, 0.29) is 30.7 Å². The molecule has 0 aliphatic heterocycles.